The van der Waals surface area contributed by atoms with E-state index in [1.807, 2.05) is 12.3 Å². The van der Waals surface area contributed by atoms with Crippen LogP contribution in [0.4, 0.5) is 0 Å². The Morgan fingerprint density at radius 3 is 2.80 bits per heavy atom. The maximum Gasteiger partial charge on any atom is 0.0670 e. The van der Waals surface area contributed by atoms with Crippen LogP contribution in [-0.4, -0.2) is 4.98 Å². The molecule has 0 N–H and O–H groups in total. The molecule has 1 heterocycles. The highest BCUT2D eigenvalue weighted by molar-refractivity contribution is 5.67. The van der Waals surface area contributed by atoms with Crippen LogP contribution in [0, 0.1) is 5.92 Å². The molecule has 1 aliphatic carbocycles. The standard InChI is InChI=1S/C19H19N/c1-2-3-8-16-13-12-15-9-4-5-10-17(15)19(16)18-11-6-7-14-20-18/h2-7,9-12,14,16H,8,13H2,1H3. The number of hydrogen-bond acceptors (Lipinski definition) is 1. The van der Waals surface area contributed by atoms with Gasteiger partial charge in [-0.2, -0.15) is 0 Å². The minimum Gasteiger partial charge on any atom is -0.257 e. The summed E-state index contributed by atoms with van der Waals surface area (Å²) in [4.78, 5) is 4.58. The summed E-state index contributed by atoms with van der Waals surface area (Å²) < 4.78 is 0. The molecule has 1 aromatic carbocycles. The molecule has 0 fully saturated rings. The zero-order chi connectivity index (χ0) is 13.8. The molecule has 1 unspecified atom stereocenters. The monoisotopic (exact) mass is 261 g/mol. The molecule has 1 aliphatic rings. The van der Waals surface area contributed by atoms with Gasteiger partial charge in [-0.1, -0.05) is 48.6 Å². The molecule has 0 amide bonds. The van der Waals surface area contributed by atoms with Crippen molar-refractivity contribution in [1.82, 2.24) is 4.98 Å². The quantitative estimate of drug-likeness (QED) is 0.774. The van der Waals surface area contributed by atoms with Crippen LogP contribution >= 0.6 is 0 Å². The van der Waals surface area contributed by atoms with Crippen LogP contribution in [0.15, 0.2) is 60.8 Å². The summed E-state index contributed by atoms with van der Waals surface area (Å²) in [5.41, 5.74) is 2.50. The van der Waals surface area contributed by atoms with E-state index in [1.165, 1.54) is 16.0 Å². The first-order chi connectivity index (χ1) is 9.90. The predicted octanol–water partition coefficient (Wildman–Crippen LogP) is 3.05. The third-order valence-electron chi connectivity index (χ3n) is 3.88. The van der Waals surface area contributed by atoms with E-state index in [0.717, 1.165) is 18.5 Å². The lowest BCUT2D eigenvalue weighted by Gasteiger charge is -2.21. The van der Waals surface area contributed by atoms with Gasteiger partial charge in [0.05, 0.1) is 5.69 Å². The van der Waals surface area contributed by atoms with E-state index in [-0.39, 0.29) is 0 Å². The number of rotatable bonds is 3. The Hall–Kier alpha value is -2.15. The Labute approximate surface area is 120 Å². The van der Waals surface area contributed by atoms with Crippen LogP contribution in [0.3, 0.4) is 0 Å². The zero-order valence-corrected chi connectivity index (χ0v) is 11.8. The van der Waals surface area contributed by atoms with Gasteiger partial charge in [-0.15, -0.1) is 0 Å². The fourth-order valence-corrected chi connectivity index (χ4v) is 2.91. The van der Waals surface area contributed by atoms with E-state index in [2.05, 4.69) is 66.5 Å². The molecule has 0 bridgehead atoms. The van der Waals surface area contributed by atoms with Crippen molar-refractivity contribution in [3.63, 3.8) is 0 Å². The van der Waals surface area contributed by atoms with Crippen LogP contribution in [0.1, 0.15) is 25.5 Å². The molecular weight excluding hydrogens is 242 g/mol. The van der Waals surface area contributed by atoms with Gasteiger partial charge in [-0.05, 0) is 53.8 Å². The van der Waals surface area contributed by atoms with E-state index >= 15 is 0 Å². The second kappa shape index (κ2) is 5.87. The Bertz CT molecular complexity index is 726. The molecule has 2 aromatic rings. The Morgan fingerprint density at radius 2 is 2.00 bits per heavy atom. The summed E-state index contributed by atoms with van der Waals surface area (Å²) in [5, 5.41) is 2.68. The predicted molar refractivity (Wildman–Crippen MR) is 84.4 cm³/mol. The second-order valence-electron chi connectivity index (χ2n) is 5.16. The highest BCUT2D eigenvalue weighted by atomic mass is 14.7. The van der Waals surface area contributed by atoms with E-state index in [4.69, 9.17) is 0 Å². The van der Waals surface area contributed by atoms with Crippen molar-refractivity contribution in [2.75, 3.05) is 0 Å². The van der Waals surface area contributed by atoms with Crippen molar-refractivity contribution in [3.05, 3.63) is 76.9 Å². The fourth-order valence-electron chi connectivity index (χ4n) is 2.91. The van der Waals surface area contributed by atoms with Gasteiger partial charge in [-0.3, -0.25) is 4.98 Å². The van der Waals surface area contributed by atoms with Gasteiger partial charge in [0.1, 0.15) is 0 Å². The van der Waals surface area contributed by atoms with E-state index in [9.17, 15) is 0 Å². The van der Waals surface area contributed by atoms with Crippen molar-refractivity contribution >= 4 is 11.6 Å². The van der Waals surface area contributed by atoms with Gasteiger partial charge in [0.2, 0.25) is 0 Å². The first-order valence-corrected chi connectivity index (χ1v) is 7.22. The summed E-state index contributed by atoms with van der Waals surface area (Å²) in [6.45, 7) is 2.08. The van der Waals surface area contributed by atoms with Gasteiger partial charge >= 0.3 is 0 Å². The molecule has 1 atom stereocenters. The van der Waals surface area contributed by atoms with Gasteiger partial charge < -0.3 is 0 Å². The average Bonchev–Trinajstić information content (AvgIpc) is 2.53. The molecule has 1 aromatic heterocycles. The molecule has 1 nitrogen and oxygen atoms in total. The molecule has 0 saturated heterocycles. The van der Waals surface area contributed by atoms with Gasteiger partial charge in [-0.25, -0.2) is 0 Å². The van der Waals surface area contributed by atoms with Crippen LogP contribution in [0.5, 0.6) is 0 Å². The maximum absolute atomic E-state index is 4.58. The van der Waals surface area contributed by atoms with E-state index < -0.39 is 0 Å². The van der Waals surface area contributed by atoms with E-state index in [1.54, 1.807) is 0 Å². The molecule has 0 radical (unpaired) electrons. The molecule has 0 spiro atoms. The summed E-state index contributed by atoms with van der Waals surface area (Å²) >= 11 is 0. The van der Waals surface area contributed by atoms with Crippen LogP contribution < -0.4 is 10.4 Å². The minimum atomic E-state index is 0.524. The van der Waals surface area contributed by atoms with Crippen molar-refractivity contribution in [2.45, 2.75) is 19.8 Å². The zero-order valence-electron chi connectivity index (χ0n) is 11.8. The summed E-state index contributed by atoms with van der Waals surface area (Å²) in [7, 11) is 0. The van der Waals surface area contributed by atoms with Crippen LogP contribution in [0.2, 0.25) is 0 Å². The highest BCUT2D eigenvalue weighted by Gasteiger charge is 2.18. The molecule has 1 heteroatoms. The lowest BCUT2D eigenvalue weighted by Crippen LogP contribution is -2.33. The molecule has 0 saturated carbocycles. The smallest absolute Gasteiger partial charge is 0.0670 e. The maximum atomic E-state index is 4.58. The normalized spacial score (nSPS) is 17.9. The number of aromatic nitrogens is 1. The molecule has 100 valence electrons. The molecule has 0 aliphatic heterocycles. The summed E-state index contributed by atoms with van der Waals surface area (Å²) in [6.07, 6.45) is 10.8. The van der Waals surface area contributed by atoms with Crippen molar-refractivity contribution in [1.29, 1.82) is 0 Å². The van der Waals surface area contributed by atoms with Crippen LogP contribution in [0.25, 0.3) is 11.6 Å². The Kier molecular flexibility index (Phi) is 3.78. The molecule has 3 rings (SSSR count). The number of fused-ring (bicyclic) bond motifs is 1. The summed E-state index contributed by atoms with van der Waals surface area (Å²) in [6, 6.07) is 14.8. The first kappa shape index (κ1) is 12.9. The fraction of sp³-hybridized carbons (Fsp3) is 0.211. The lowest BCUT2D eigenvalue weighted by molar-refractivity contribution is 0.698. The van der Waals surface area contributed by atoms with Crippen LogP contribution in [-0.2, 0) is 0 Å². The third kappa shape index (κ3) is 2.44. The number of hydrogen-bond donors (Lipinski definition) is 0. The number of allylic oxidation sites excluding steroid dienone is 2. The lowest BCUT2D eigenvalue weighted by atomic mass is 9.84. The number of nitrogens with zero attached hydrogens (tertiary/aromatic N) is 1. The summed E-state index contributed by atoms with van der Waals surface area (Å²) in [5.74, 6) is 0.524. The van der Waals surface area contributed by atoms with Crippen molar-refractivity contribution in [3.8, 4) is 0 Å². The SMILES string of the molecule is CC=CCC1CC=c2ccccc2=C1c1ccccn1. The third-order valence-corrected chi connectivity index (χ3v) is 3.88. The topological polar surface area (TPSA) is 12.9 Å². The largest absolute Gasteiger partial charge is 0.257 e. The van der Waals surface area contributed by atoms with Gasteiger partial charge in [0.15, 0.2) is 0 Å². The van der Waals surface area contributed by atoms with Gasteiger partial charge in [0, 0.05) is 6.20 Å². The van der Waals surface area contributed by atoms with Gasteiger partial charge in [0.25, 0.3) is 0 Å². The molecule has 20 heavy (non-hydrogen) atoms. The average molecular weight is 261 g/mol. The molecular formula is C19H19N. The van der Waals surface area contributed by atoms with Crippen molar-refractivity contribution in [2.24, 2.45) is 5.92 Å². The minimum absolute atomic E-state index is 0.524. The number of benzene rings is 1. The Balaban J connectivity index is 2.22. The Morgan fingerprint density at radius 1 is 1.15 bits per heavy atom. The van der Waals surface area contributed by atoms with E-state index in [0.29, 0.717) is 5.92 Å². The highest BCUT2D eigenvalue weighted by Crippen LogP contribution is 2.27. The number of pyridine rings is 1. The first-order valence-electron chi connectivity index (χ1n) is 7.22. The second-order valence-corrected chi connectivity index (χ2v) is 5.16. The van der Waals surface area contributed by atoms with Crippen molar-refractivity contribution < 1.29 is 0 Å².